The molecule has 5 heteroatoms. The smallest absolute Gasteiger partial charge is 0.143 e. The number of hydrogen-bond acceptors (Lipinski definition) is 1. The van der Waals surface area contributed by atoms with Crippen LogP contribution in [-0.2, 0) is 11.2 Å². The van der Waals surface area contributed by atoms with Crippen molar-refractivity contribution < 1.29 is 13.6 Å². The second-order valence-electron chi connectivity index (χ2n) is 3.13. The molecule has 1 atom stereocenters. The number of carbonyl (C=O) groups excluding carboxylic acids is 1. The summed E-state index contributed by atoms with van der Waals surface area (Å²) in [7, 11) is 0. The van der Waals surface area contributed by atoms with Gasteiger partial charge in [0.25, 0.3) is 0 Å². The molecule has 82 valence electrons. The lowest BCUT2D eigenvalue weighted by Gasteiger charge is -2.09. The summed E-state index contributed by atoms with van der Waals surface area (Å²) in [6.45, 7) is 1.41. The summed E-state index contributed by atoms with van der Waals surface area (Å²) in [5.74, 6) is -1.38. The van der Waals surface area contributed by atoms with Gasteiger partial charge < -0.3 is 0 Å². The van der Waals surface area contributed by atoms with Crippen LogP contribution in [0.4, 0.5) is 8.78 Å². The number of ketones is 1. The summed E-state index contributed by atoms with van der Waals surface area (Å²) < 4.78 is 26.4. The summed E-state index contributed by atoms with van der Waals surface area (Å²) in [5.41, 5.74) is 0.300. The van der Waals surface area contributed by atoms with E-state index in [0.29, 0.717) is 10.0 Å². The first-order chi connectivity index (χ1) is 6.91. The highest BCUT2D eigenvalue weighted by molar-refractivity contribution is 9.10. The van der Waals surface area contributed by atoms with E-state index in [1.807, 2.05) is 0 Å². The maximum Gasteiger partial charge on any atom is 0.143 e. The first-order valence-electron chi connectivity index (χ1n) is 4.19. The summed E-state index contributed by atoms with van der Waals surface area (Å²) in [5, 5.41) is 0. The maximum absolute atomic E-state index is 13.3. The predicted octanol–water partition coefficient (Wildman–Crippen LogP) is 3.62. The van der Waals surface area contributed by atoms with E-state index in [0.717, 1.165) is 6.07 Å². The molecule has 0 radical (unpaired) electrons. The molecular weight excluding hydrogens is 334 g/mol. The molecule has 0 N–H and O–H groups in total. The zero-order chi connectivity index (χ0) is 11.6. The largest absolute Gasteiger partial charge is 0.299 e. The molecule has 0 heterocycles. The van der Waals surface area contributed by atoms with Crippen LogP contribution < -0.4 is 0 Å². The molecule has 0 aliphatic carbocycles. The van der Waals surface area contributed by atoms with Crippen molar-refractivity contribution in [2.45, 2.75) is 18.2 Å². The minimum absolute atomic E-state index is 0.0920. The second-order valence-corrected chi connectivity index (χ2v) is 5.09. The number of carbonyl (C=O) groups is 1. The standard InChI is InChI=1S/C10H8Br2F2O/c1-5(15)8(11)4-7-9(12)2-6(13)3-10(7)14/h2-3,8H,4H2,1H3. The third-order valence-corrected chi connectivity index (χ3v) is 3.61. The molecule has 1 nitrogen and oxygen atoms in total. The Kier molecular flexibility index (Phi) is 4.40. The maximum atomic E-state index is 13.3. The van der Waals surface area contributed by atoms with Crippen LogP contribution in [0.3, 0.4) is 0 Å². The molecule has 0 saturated carbocycles. The number of benzene rings is 1. The average Bonchev–Trinajstić information content (AvgIpc) is 2.10. The molecule has 1 unspecified atom stereocenters. The van der Waals surface area contributed by atoms with Gasteiger partial charge in [-0.1, -0.05) is 31.9 Å². The van der Waals surface area contributed by atoms with Crippen LogP contribution >= 0.6 is 31.9 Å². The van der Waals surface area contributed by atoms with Crippen molar-refractivity contribution in [3.63, 3.8) is 0 Å². The van der Waals surface area contributed by atoms with Gasteiger partial charge in [0, 0.05) is 16.1 Å². The minimum atomic E-state index is -0.646. The summed E-state index contributed by atoms with van der Waals surface area (Å²) in [6, 6.07) is 1.98. The van der Waals surface area contributed by atoms with Gasteiger partial charge in [0.1, 0.15) is 17.4 Å². The summed E-state index contributed by atoms with van der Waals surface area (Å²) in [4.78, 5) is 10.5. The number of Topliss-reactive ketones (excluding diaryl/α,β-unsaturated/α-hetero) is 1. The molecule has 0 spiro atoms. The quantitative estimate of drug-likeness (QED) is 0.767. The molecule has 0 bridgehead atoms. The molecule has 1 aromatic rings. The Hall–Kier alpha value is -0.290. The Balaban J connectivity index is 3.00. The SMILES string of the molecule is CC(=O)C(Br)Cc1c(F)cc(F)cc1Br. The van der Waals surface area contributed by atoms with Crippen LogP contribution in [-0.4, -0.2) is 10.6 Å². The molecule has 0 aliphatic heterocycles. The molecule has 0 aliphatic rings. The molecule has 0 aromatic heterocycles. The highest BCUT2D eigenvalue weighted by Crippen LogP contribution is 2.24. The van der Waals surface area contributed by atoms with Gasteiger partial charge in [-0.05, 0) is 19.4 Å². The van der Waals surface area contributed by atoms with E-state index >= 15 is 0 Å². The Bertz CT molecular complexity index is 370. The monoisotopic (exact) mass is 340 g/mol. The van der Waals surface area contributed by atoms with Gasteiger partial charge in [0.05, 0.1) is 4.83 Å². The summed E-state index contributed by atoms with van der Waals surface area (Å²) >= 11 is 6.20. The van der Waals surface area contributed by atoms with E-state index < -0.39 is 16.5 Å². The van der Waals surface area contributed by atoms with Crippen LogP contribution in [0.1, 0.15) is 12.5 Å². The van der Waals surface area contributed by atoms with Crippen molar-refractivity contribution in [3.8, 4) is 0 Å². The first-order valence-corrected chi connectivity index (χ1v) is 5.90. The van der Waals surface area contributed by atoms with Crippen molar-refractivity contribution in [2.75, 3.05) is 0 Å². The van der Waals surface area contributed by atoms with Crippen molar-refractivity contribution in [1.29, 1.82) is 0 Å². The van der Waals surface area contributed by atoms with Crippen molar-refractivity contribution in [2.24, 2.45) is 0 Å². The highest BCUT2D eigenvalue weighted by Gasteiger charge is 2.16. The Morgan fingerprint density at radius 2 is 2.07 bits per heavy atom. The van der Waals surface area contributed by atoms with Crippen molar-refractivity contribution >= 4 is 37.6 Å². The fraction of sp³-hybridized carbons (Fsp3) is 0.300. The predicted molar refractivity (Wildman–Crippen MR) is 61.2 cm³/mol. The van der Waals surface area contributed by atoms with Gasteiger partial charge in [-0.3, -0.25) is 4.79 Å². The molecule has 0 amide bonds. The van der Waals surface area contributed by atoms with Gasteiger partial charge in [0.15, 0.2) is 0 Å². The van der Waals surface area contributed by atoms with E-state index in [9.17, 15) is 13.6 Å². The van der Waals surface area contributed by atoms with E-state index in [1.54, 1.807) is 0 Å². The number of alkyl halides is 1. The van der Waals surface area contributed by atoms with Gasteiger partial charge >= 0.3 is 0 Å². The van der Waals surface area contributed by atoms with Crippen LogP contribution in [0.2, 0.25) is 0 Å². The van der Waals surface area contributed by atoms with Crippen LogP contribution in [0, 0.1) is 11.6 Å². The molecule has 1 aromatic carbocycles. The third-order valence-electron chi connectivity index (χ3n) is 1.93. The number of hydrogen-bond donors (Lipinski definition) is 0. The fourth-order valence-corrected chi connectivity index (χ4v) is 1.98. The number of halogens is 4. The normalized spacial score (nSPS) is 12.6. The Labute approximate surface area is 103 Å². The lowest BCUT2D eigenvalue weighted by Crippen LogP contribution is -2.14. The third kappa shape index (κ3) is 3.34. The van der Waals surface area contributed by atoms with Gasteiger partial charge in [-0.25, -0.2) is 8.78 Å². The fourth-order valence-electron chi connectivity index (χ4n) is 1.09. The topological polar surface area (TPSA) is 17.1 Å². The molecule has 0 fully saturated rings. The van der Waals surface area contributed by atoms with E-state index in [-0.39, 0.29) is 12.2 Å². The molecular formula is C10H8Br2F2O. The Morgan fingerprint density at radius 1 is 1.47 bits per heavy atom. The Morgan fingerprint density at radius 3 is 2.53 bits per heavy atom. The lowest BCUT2D eigenvalue weighted by molar-refractivity contribution is -0.116. The highest BCUT2D eigenvalue weighted by atomic mass is 79.9. The van der Waals surface area contributed by atoms with Gasteiger partial charge in [-0.2, -0.15) is 0 Å². The minimum Gasteiger partial charge on any atom is -0.299 e. The van der Waals surface area contributed by atoms with Crippen LogP contribution in [0.5, 0.6) is 0 Å². The first kappa shape index (κ1) is 12.8. The van der Waals surface area contributed by atoms with E-state index in [1.165, 1.54) is 13.0 Å². The van der Waals surface area contributed by atoms with Crippen molar-refractivity contribution in [3.05, 3.63) is 33.8 Å². The van der Waals surface area contributed by atoms with E-state index in [2.05, 4.69) is 31.9 Å². The zero-order valence-electron chi connectivity index (χ0n) is 7.86. The van der Waals surface area contributed by atoms with Gasteiger partial charge in [-0.15, -0.1) is 0 Å². The van der Waals surface area contributed by atoms with E-state index in [4.69, 9.17) is 0 Å². The number of rotatable bonds is 3. The van der Waals surface area contributed by atoms with Crippen molar-refractivity contribution in [1.82, 2.24) is 0 Å². The summed E-state index contributed by atoms with van der Waals surface area (Å²) in [6.07, 6.45) is 0.196. The average molecular weight is 342 g/mol. The lowest BCUT2D eigenvalue weighted by atomic mass is 10.1. The zero-order valence-corrected chi connectivity index (χ0v) is 11.0. The molecule has 1 rings (SSSR count). The van der Waals surface area contributed by atoms with Crippen LogP contribution in [0.25, 0.3) is 0 Å². The van der Waals surface area contributed by atoms with Gasteiger partial charge in [0.2, 0.25) is 0 Å². The second kappa shape index (κ2) is 5.16. The van der Waals surface area contributed by atoms with Crippen LogP contribution in [0.15, 0.2) is 16.6 Å². The molecule has 15 heavy (non-hydrogen) atoms. The molecule has 0 saturated heterocycles.